The molecule has 10 heteroatoms. The van der Waals surface area contributed by atoms with Gasteiger partial charge in [-0.3, -0.25) is 14.1 Å². The number of rotatable bonds is 4. The van der Waals surface area contributed by atoms with Crippen molar-refractivity contribution in [1.29, 1.82) is 0 Å². The van der Waals surface area contributed by atoms with Crippen LogP contribution in [0.25, 0.3) is 11.3 Å². The van der Waals surface area contributed by atoms with Gasteiger partial charge in [0.1, 0.15) is 0 Å². The third-order valence-electron chi connectivity index (χ3n) is 4.76. The first-order valence-electron chi connectivity index (χ1n) is 9.44. The summed E-state index contributed by atoms with van der Waals surface area (Å²) in [4.78, 5) is 17.0. The van der Waals surface area contributed by atoms with Crippen LogP contribution in [0.15, 0.2) is 60.8 Å². The molecule has 0 spiro atoms. The van der Waals surface area contributed by atoms with Gasteiger partial charge < -0.3 is 5.32 Å². The maximum absolute atomic E-state index is 12.7. The number of halogens is 2. The van der Waals surface area contributed by atoms with Gasteiger partial charge in [0.15, 0.2) is 0 Å². The molecule has 2 aromatic carbocycles. The van der Waals surface area contributed by atoms with E-state index in [-0.39, 0.29) is 5.91 Å². The monoisotopic (exact) mass is 476 g/mol. The first-order chi connectivity index (χ1) is 14.8. The van der Waals surface area contributed by atoms with Gasteiger partial charge in [-0.25, -0.2) is 0 Å². The van der Waals surface area contributed by atoms with Crippen LogP contribution in [0.4, 0.5) is 11.4 Å². The number of carbonyl (C=O) groups is 1. The Hall–Kier alpha value is -2.65. The molecule has 0 bridgehead atoms. The standard InChI is InChI=1S/C21H18Cl2N4O3S/c22-15-4-9-20(24-13-15)18-12-16(5-8-19(18)23)26-21(28)14-2-6-17(7-3-14)27-11-1-10-25-31(27,29)30/h2-9,12-13,25H,1,10-11H2,(H,26,28). The zero-order valence-electron chi connectivity index (χ0n) is 16.2. The lowest BCUT2D eigenvalue weighted by atomic mass is 10.1. The Morgan fingerprint density at radius 3 is 2.52 bits per heavy atom. The van der Waals surface area contributed by atoms with E-state index in [1.165, 1.54) is 10.5 Å². The Morgan fingerprint density at radius 1 is 1.06 bits per heavy atom. The van der Waals surface area contributed by atoms with Crippen molar-refractivity contribution in [2.45, 2.75) is 6.42 Å². The van der Waals surface area contributed by atoms with Gasteiger partial charge in [0.05, 0.1) is 21.4 Å². The van der Waals surface area contributed by atoms with Gasteiger partial charge in [0.25, 0.3) is 5.91 Å². The summed E-state index contributed by atoms with van der Waals surface area (Å²) >= 11 is 12.2. The zero-order chi connectivity index (χ0) is 22.0. The van der Waals surface area contributed by atoms with Crippen LogP contribution in [0.5, 0.6) is 0 Å². The van der Waals surface area contributed by atoms with Crippen molar-refractivity contribution >= 4 is 50.7 Å². The molecule has 7 nitrogen and oxygen atoms in total. The van der Waals surface area contributed by atoms with E-state index in [0.717, 1.165) is 0 Å². The van der Waals surface area contributed by atoms with Crippen molar-refractivity contribution < 1.29 is 13.2 Å². The lowest BCUT2D eigenvalue weighted by Crippen LogP contribution is -2.47. The highest BCUT2D eigenvalue weighted by molar-refractivity contribution is 7.90. The maximum Gasteiger partial charge on any atom is 0.301 e. The minimum Gasteiger partial charge on any atom is -0.322 e. The quantitative estimate of drug-likeness (QED) is 0.585. The van der Waals surface area contributed by atoms with Crippen molar-refractivity contribution in [2.75, 3.05) is 22.7 Å². The summed E-state index contributed by atoms with van der Waals surface area (Å²) in [5.74, 6) is -0.330. The third kappa shape index (κ3) is 4.83. The SMILES string of the molecule is O=C(Nc1ccc(Cl)c(-c2ccc(Cl)cn2)c1)c1ccc(N2CCCNS2(=O)=O)cc1. The number of hydrogen-bond donors (Lipinski definition) is 2. The van der Waals surface area contributed by atoms with Gasteiger partial charge in [-0.05, 0) is 61.0 Å². The number of pyridine rings is 1. The molecule has 3 aromatic rings. The molecule has 2 N–H and O–H groups in total. The van der Waals surface area contributed by atoms with Crippen LogP contribution in [-0.2, 0) is 10.2 Å². The molecular weight excluding hydrogens is 459 g/mol. The van der Waals surface area contributed by atoms with E-state index < -0.39 is 10.2 Å². The van der Waals surface area contributed by atoms with Gasteiger partial charge in [-0.1, -0.05) is 23.2 Å². The number of nitrogens with one attached hydrogen (secondary N) is 2. The molecule has 1 fully saturated rings. The maximum atomic E-state index is 12.7. The average molecular weight is 477 g/mol. The van der Waals surface area contributed by atoms with E-state index in [4.69, 9.17) is 23.2 Å². The summed E-state index contributed by atoms with van der Waals surface area (Å²) in [5, 5.41) is 3.84. The van der Waals surface area contributed by atoms with Gasteiger partial charge in [-0.2, -0.15) is 13.1 Å². The molecule has 0 radical (unpaired) electrons. The summed E-state index contributed by atoms with van der Waals surface area (Å²) in [5.41, 5.74) is 2.74. The fourth-order valence-electron chi connectivity index (χ4n) is 3.21. The second-order valence-electron chi connectivity index (χ2n) is 6.88. The van der Waals surface area contributed by atoms with Gasteiger partial charge in [-0.15, -0.1) is 0 Å². The van der Waals surface area contributed by atoms with Crippen molar-refractivity contribution in [1.82, 2.24) is 9.71 Å². The van der Waals surface area contributed by atoms with Crippen molar-refractivity contribution in [3.8, 4) is 11.3 Å². The molecule has 160 valence electrons. The Labute approximate surface area is 190 Å². The topological polar surface area (TPSA) is 91.4 Å². The highest BCUT2D eigenvalue weighted by atomic mass is 35.5. The van der Waals surface area contributed by atoms with E-state index in [1.807, 2.05) is 0 Å². The molecule has 31 heavy (non-hydrogen) atoms. The Bertz CT molecular complexity index is 1220. The van der Waals surface area contributed by atoms with Crippen LogP contribution in [0, 0.1) is 0 Å². The number of benzene rings is 2. The minimum atomic E-state index is -3.54. The van der Waals surface area contributed by atoms with Gasteiger partial charge in [0.2, 0.25) is 0 Å². The molecule has 0 aliphatic carbocycles. The molecule has 0 saturated carbocycles. The minimum absolute atomic E-state index is 0.330. The largest absolute Gasteiger partial charge is 0.322 e. The highest BCUT2D eigenvalue weighted by Crippen LogP contribution is 2.30. The van der Waals surface area contributed by atoms with E-state index in [2.05, 4.69) is 15.0 Å². The normalized spacial score (nSPS) is 15.5. The van der Waals surface area contributed by atoms with Gasteiger partial charge in [0, 0.05) is 36.1 Å². The number of hydrogen-bond acceptors (Lipinski definition) is 4. The molecule has 1 aliphatic heterocycles. The summed E-state index contributed by atoms with van der Waals surface area (Å²) in [6, 6.07) is 15.0. The smallest absolute Gasteiger partial charge is 0.301 e. The molecule has 0 unspecified atom stereocenters. The fourth-order valence-corrected chi connectivity index (χ4v) is 4.86. The molecule has 1 aromatic heterocycles. The van der Waals surface area contributed by atoms with E-state index in [9.17, 15) is 13.2 Å². The molecule has 2 heterocycles. The first-order valence-corrected chi connectivity index (χ1v) is 11.6. The van der Waals surface area contributed by atoms with Crippen LogP contribution in [0.3, 0.4) is 0 Å². The lowest BCUT2D eigenvalue weighted by Gasteiger charge is -2.28. The third-order valence-corrected chi connectivity index (χ3v) is 6.85. The number of amides is 1. The van der Waals surface area contributed by atoms with E-state index >= 15 is 0 Å². The number of aromatic nitrogens is 1. The molecule has 0 atom stereocenters. The van der Waals surface area contributed by atoms with Crippen molar-refractivity contribution in [3.63, 3.8) is 0 Å². The molecular formula is C21H18Cl2N4O3S. The summed E-state index contributed by atoms with van der Waals surface area (Å²) < 4.78 is 28.1. The van der Waals surface area contributed by atoms with Crippen LogP contribution in [0.2, 0.25) is 10.0 Å². The average Bonchev–Trinajstić information content (AvgIpc) is 2.75. The predicted octanol–water partition coefficient (Wildman–Crippen LogP) is 4.35. The fraction of sp³-hybridized carbons (Fsp3) is 0.143. The highest BCUT2D eigenvalue weighted by Gasteiger charge is 2.25. The van der Waals surface area contributed by atoms with Crippen molar-refractivity contribution in [2.24, 2.45) is 0 Å². The predicted molar refractivity (Wildman–Crippen MR) is 123 cm³/mol. The molecule has 1 saturated heterocycles. The summed E-state index contributed by atoms with van der Waals surface area (Å²) in [7, 11) is -3.54. The van der Waals surface area contributed by atoms with Crippen LogP contribution < -0.4 is 14.3 Å². The molecule has 1 amide bonds. The van der Waals surface area contributed by atoms with Crippen LogP contribution >= 0.6 is 23.2 Å². The summed E-state index contributed by atoms with van der Waals surface area (Å²) in [6.07, 6.45) is 2.24. The van der Waals surface area contributed by atoms with E-state index in [0.29, 0.717) is 57.8 Å². The van der Waals surface area contributed by atoms with Crippen molar-refractivity contribution in [3.05, 3.63) is 76.4 Å². The lowest BCUT2D eigenvalue weighted by molar-refractivity contribution is 0.102. The first kappa shape index (κ1) is 21.6. The Kier molecular flexibility index (Phi) is 6.15. The number of carbonyl (C=O) groups excluding carboxylic acids is 1. The number of nitrogens with zero attached hydrogens (tertiary/aromatic N) is 2. The second-order valence-corrected chi connectivity index (χ2v) is 9.41. The van der Waals surface area contributed by atoms with Crippen LogP contribution in [-0.4, -0.2) is 32.4 Å². The van der Waals surface area contributed by atoms with Crippen LogP contribution in [0.1, 0.15) is 16.8 Å². The number of anilines is 2. The Morgan fingerprint density at radius 2 is 1.84 bits per heavy atom. The molecule has 1 aliphatic rings. The van der Waals surface area contributed by atoms with E-state index in [1.54, 1.807) is 54.6 Å². The summed E-state index contributed by atoms with van der Waals surface area (Å²) in [6.45, 7) is 0.821. The zero-order valence-corrected chi connectivity index (χ0v) is 18.5. The van der Waals surface area contributed by atoms with Gasteiger partial charge >= 0.3 is 10.2 Å². The molecule has 4 rings (SSSR count). The second kappa shape index (κ2) is 8.84. The Balaban J connectivity index is 1.52.